The van der Waals surface area contributed by atoms with Crippen molar-refractivity contribution in [3.05, 3.63) is 64.3 Å². The Bertz CT molecular complexity index is 909. The predicted octanol–water partition coefficient (Wildman–Crippen LogP) is 4.63. The van der Waals surface area contributed by atoms with Crippen LogP contribution in [0.4, 0.5) is 5.69 Å². The number of ether oxygens (including phenoxy) is 1. The third-order valence-electron chi connectivity index (χ3n) is 3.68. The molecule has 1 amide bonds. The average molecular weight is 385 g/mol. The Morgan fingerprint density at radius 2 is 2.00 bits per heavy atom. The zero-order valence-corrected chi connectivity index (χ0v) is 15.1. The van der Waals surface area contributed by atoms with E-state index in [4.69, 9.17) is 4.74 Å². The maximum absolute atomic E-state index is 12.2. The number of aromatic nitrogens is 1. The van der Waals surface area contributed by atoms with Gasteiger partial charge in [-0.15, -0.1) is 0 Å². The van der Waals surface area contributed by atoms with Gasteiger partial charge in [0.1, 0.15) is 5.75 Å². The number of nitrogens with one attached hydrogen (secondary N) is 1. The molecule has 2 aromatic carbocycles. The summed E-state index contributed by atoms with van der Waals surface area (Å²) in [7, 11) is 0. The van der Waals surface area contributed by atoms with Crippen molar-refractivity contribution >= 4 is 38.4 Å². The maximum atomic E-state index is 12.2. The van der Waals surface area contributed by atoms with Gasteiger partial charge in [0.2, 0.25) is 0 Å². The number of anilines is 1. The molecule has 0 aliphatic rings. The van der Waals surface area contributed by atoms with Crippen molar-refractivity contribution < 1.29 is 9.53 Å². The van der Waals surface area contributed by atoms with Crippen LogP contribution in [0.2, 0.25) is 0 Å². The number of aryl methyl sites for hydroxylation is 2. The minimum atomic E-state index is -0.205. The van der Waals surface area contributed by atoms with E-state index in [9.17, 15) is 4.79 Å². The van der Waals surface area contributed by atoms with Crippen molar-refractivity contribution in [2.45, 2.75) is 13.8 Å². The summed E-state index contributed by atoms with van der Waals surface area (Å²) in [5.74, 6) is 0.524. The summed E-state index contributed by atoms with van der Waals surface area (Å²) in [6.07, 6.45) is 1.68. The number of hydrogen-bond acceptors (Lipinski definition) is 3. The molecule has 4 nitrogen and oxygen atoms in total. The fourth-order valence-corrected chi connectivity index (χ4v) is 2.78. The van der Waals surface area contributed by atoms with Crippen LogP contribution >= 0.6 is 15.9 Å². The van der Waals surface area contributed by atoms with Crippen molar-refractivity contribution in [3.8, 4) is 5.75 Å². The maximum Gasteiger partial charge on any atom is 0.262 e. The Hall–Kier alpha value is -2.40. The number of halogens is 1. The fraction of sp³-hybridized carbons (Fsp3) is 0.158. The summed E-state index contributed by atoms with van der Waals surface area (Å²) in [5.41, 5.74) is 3.65. The van der Waals surface area contributed by atoms with Gasteiger partial charge >= 0.3 is 0 Å². The van der Waals surface area contributed by atoms with Crippen LogP contribution < -0.4 is 10.1 Å². The summed E-state index contributed by atoms with van der Waals surface area (Å²) in [6, 6.07) is 13.5. The van der Waals surface area contributed by atoms with Crippen molar-refractivity contribution in [2.75, 3.05) is 11.9 Å². The zero-order valence-electron chi connectivity index (χ0n) is 13.5. The highest BCUT2D eigenvalue weighted by molar-refractivity contribution is 9.10. The molecule has 0 radical (unpaired) electrons. The molecule has 0 atom stereocenters. The van der Waals surface area contributed by atoms with Gasteiger partial charge in [0.15, 0.2) is 6.61 Å². The molecule has 122 valence electrons. The van der Waals surface area contributed by atoms with Crippen LogP contribution in [0.15, 0.2) is 53.1 Å². The Morgan fingerprint density at radius 1 is 1.17 bits per heavy atom. The summed E-state index contributed by atoms with van der Waals surface area (Å²) < 4.78 is 6.59. The van der Waals surface area contributed by atoms with Crippen LogP contribution in [0.25, 0.3) is 10.9 Å². The van der Waals surface area contributed by atoms with E-state index in [1.165, 1.54) is 0 Å². The highest BCUT2D eigenvalue weighted by Crippen LogP contribution is 2.25. The van der Waals surface area contributed by atoms with Crippen LogP contribution in [0.5, 0.6) is 5.75 Å². The number of pyridine rings is 1. The largest absolute Gasteiger partial charge is 0.483 e. The molecule has 0 bridgehead atoms. The number of fused-ring (bicyclic) bond motifs is 1. The number of nitrogens with zero attached hydrogens (tertiary/aromatic N) is 1. The summed E-state index contributed by atoms with van der Waals surface area (Å²) in [6.45, 7) is 3.91. The van der Waals surface area contributed by atoms with E-state index in [0.29, 0.717) is 0 Å². The second-order valence-electron chi connectivity index (χ2n) is 5.63. The van der Waals surface area contributed by atoms with Crippen LogP contribution in [0.1, 0.15) is 11.1 Å². The fourth-order valence-electron chi connectivity index (χ4n) is 2.42. The standard InChI is InChI=1S/C19H17BrN2O2/c1-12-3-4-13(2)18(9-12)24-11-19(23)22-17-7-8-21-16-6-5-14(20)10-15(16)17/h3-10H,11H2,1-2H3,(H,21,22,23). The number of benzene rings is 2. The van der Waals surface area contributed by atoms with E-state index in [-0.39, 0.29) is 12.5 Å². The molecule has 1 heterocycles. The van der Waals surface area contributed by atoms with Gasteiger partial charge in [0.25, 0.3) is 5.91 Å². The molecular weight excluding hydrogens is 368 g/mol. The minimum Gasteiger partial charge on any atom is -0.483 e. The summed E-state index contributed by atoms with van der Waals surface area (Å²) in [5, 5.41) is 3.77. The van der Waals surface area contributed by atoms with Crippen molar-refractivity contribution in [3.63, 3.8) is 0 Å². The Kier molecular flexibility index (Phi) is 4.81. The van der Waals surface area contributed by atoms with E-state index in [0.717, 1.165) is 37.9 Å². The Labute approximate surface area is 149 Å². The van der Waals surface area contributed by atoms with E-state index in [2.05, 4.69) is 26.2 Å². The number of carbonyl (C=O) groups is 1. The zero-order chi connectivity index (χ0) is 17.1. The normalized spacial score (nSPS) is 10.6. The van der Waals surface area contributed by atoms with Crippen LogP contribution in [0, 0.1) is 13.8 Å². The van der Waals surface area contributed by atoms with E-state index in [1.807, 2.05) is 50.2 Å². The molecule has 0 saturated heterocycles. The molecule has 1 aromatic heterocycles. The minimum absolute atomic E-state index is 0.0396. The Balaban J connectivity index is 1.73. The molecular formula is C19H17BrN2O2. The summed E-state index contributed by atoms with van der Waals surface area (Å²) >= 11 is 3.44. The average Bonchev–Trinajstić information content (AvgIpc) is 2.56. The van der Waals surface area contributed by atoms with E-state index < -0.39 is 0 Å². The first kappa shape index (κ1) is 16.5. The number of carbonyl (C=O) groups excluding carboxylic acids is 1. The number of rotatable bonds is 4. The number of hydrogen-bond donors (Lipinski definition) is 1. The Morgan fingerprint density at radius 3 is 2.83 bits per heavy atom. The number of amides is 1. The highest BCUT2D eigenvalue weighted by Gasteiger charge is 2.09. The third kappa shape index (κ3) is 3.74. The van der Waals surface area contributed by atoms with Crippen LogP contribution in [-0.4, -0.2) is 17.5 Å². The first-order valence-corrected chi connectivity index (χ1v) is 8.36. The molecule has 0 aliphatic carbocycles. The quantitative estimate of drug-likeness (QED) is 0.713. The van der Waals surface area contributed by atoms with Crippen molar-refractivity contribution in [2.24, 2.45) is 0 Å². The van der Waals surface area contributed by atoms with Gasteiger partial charge in [-0.1, -0.05) is 28.1 Å². The topological polar surface area (TPSA) is 51.2 Å². The van der Waals surface area contributed by atoms with Gasteiger partial charge in [0, 0.05) is 16.1 Å². The molecule has 0 fully saturated rings. The van der Waals surface area contributed by atoms with Gasteiger partial charge in [0.05, 0.1) is 11.2 Å². The van der Waals surface area contributed by atoms with Gasteiger partial charge in [-0.05, 0) is 55.3 Å². The predicted molar refractivity (Wildman–Crippen MR) is 99.5 cm³/mol. The lowest BCUT2D eigenvalue weighted by Gasteiger charge is -2.11. The molecule has 3 aromatic rings. The molecule has 24 heavy (non-hydrogen) atoms. The lowest BCUT2D eigenvalue weighted by Crippen LogP contribution is -2.20. The molecule has 1 N–H and O–H groups in total. The van der Waals surface area contributed by atoms with Gasteiger partial charge < -0.3 is 10.1 Å². The highest BCUT2D eigenvalue weighted by atomic mass is 79.9. The first-order chi connectivity index (χ1) is 11.5. The SMILES string of the molecule is Cc1ccc(C)c(OCC(=O)Nc2ccnc3ccc(Br)cc23)c1. The molecule has 0 unspecified atom stereocenters. The van der Waals surface area contributed by atoms with E-state index >= 15 is 0 Å². The monoisotopic (exact) mass is 384 g/mol. The van der Waals surface area contributed by atoms with Crippen molar-refractivity contribution in [1.29, 1.82) is 0 Å². The van der Waals surface area contributed by atoms with Gasteiger partial charge in [-0.2, -0.15) is 0 Å². The third-order valence-corrected chi connectivity index (χ3v) is 4.17. The molecule has 0 spiro atoms. The lowest BCUT2D eigenvalue weighted by molar-refractivity contribution is -0.118. The lowest BCUT2D eigenvalue weighted by atomic mass is 10.1. The molecule has 0 saturated carbocycles. The first-order valence-electron chi connectivity index (χ1n) is 7.57. The van der Waals surface area contributed by atoms with Gasteiger partial charge in [-0.3, -0.25) is 9.78 Å². The molecule has 0 aliphatic heterocycles. The van der Waals surface area contributed by atoms with E-state index in [1.54, 1.807) is 12.3 Å². The molecule has 5 heteroatoms. The van der Waals surface area contributed by atoms with Crippen LogP contribution in [-0.2, 0) is 4.79 Å². The van der Waals surface area contributed by atoms with Gasteiger partial charge in [-0.25, -0.2) is 0 Å². The van der Waals surface area contributed by atoms with Crippen LogP contribution in [0.3, 0.4) is 0 Å². The smallest absolute Gasteiger partial charge is 0.262 e. The summed E-state index contributed by atoms with van der Waals surface area (Å²) in [4.78, 5) is 16.5. The second kappa shape index (κ2) is 7.01. The van der Waals surface area contributed by atoms with Crippen molar-refractivity contribution in [1.82, 2.24) is 4.98 Å². The molecule has 3 rings (SSSR count). The second-order valence-corrected chi connectivity index (χ2v) is 6.54.